The lowest BCUT2D eigenvalue weighted by molar-refractivity contribution is 0.490. The van der Waals surface area contributed by atoms with Gasteiger partial charge in [-0.3, -0.25) is 8.97 Å². The summed E-state index contributed by atoms with van der Waals surface area (Å²) in [6.45, 7) is 1.89. The minimum absolute atomic E-state index is 0.633. The fourth-order valence-electron chi connectivity index (χ4n) is 8.60. The van der Waals surface area contributed by atoms with E-state index in [1.807, 2.05) is 36.9 Å². The minimum atomic E-state index is -3.35. The van der Waals surface area contributed by atoms with E-state index in [-0.39, 0.29) is 0 Å². The molecule has 3 heterocycles. The van der Waals surface area contributed by atoms with Gasteiger partial charge in [-0.15, -0.1) is 0 Å². The summed E-state index contributed by atoms with van der Waals surface area (Å²) in [5.74, 6) is 2.17. The van der Waals surface area contributed by atoms with Crippen molar-refractivity contribution in [1.29, 1.82) is 0 Å². The smallest absolute Gasteiger partial charge is 0.220 e. The van der Waals surface area contributed by atoms with E-state index in [0.29, 0.717) is 11.5 Å². The number of fused-ring (bicyclic) bond motifs is 7. The molecule has 0 saturated heterocycles. The van der Waals surface area contributed by atoms with Crippen LogP contribution in [0.5, 0.6) is 11.5 Å². The number of imidazole rings is 2. The van der Waals surface area contributed by atoms with Crippen LogP contribution >= 0.6 is 0 Å². The summed E-state index contributed by atoms with van der Waals surface area (Å²) in [6.07, 6.45) is 0. The monoisotopic (exact) mass is 706 g/mol. The predicted octanol–water partition coefficient (Wildman–Crippen LogP) is 7.05. The second kappa shape index (κ2) is 11.5. The molecule has 0 saturated carbocycles. The molecule has 0 spiro atoms. The maximum atomic E-state index is 9.04. The van der Waals surface area contributed by atoms with Gasteiger partial charge < -0.3 is 4.74 Å². The summed E-state index contributed by atoms with van der Waals surface area (Å²) in [4.78, 5) is 5.28. The molecule has 0 fully saturated rings. The third kappa shape index (κ3) is 4.28. The number of hydrogen-bond donors (Lipinski definition) is 0. The zero-order valence-electron chi connectivity index (χ0n) is 31.9. The van der Waals surface area contributed by atoms with Gasteiger partial charge in [-0.1, -0.05) is 146 Å². The molecule has 2 aromatic heterocycles. The Labute approximate surface area is 309 Å². The van der Waals surface area contributed by atoms with Gasteiger partial charge in [0.15, 0.2) is 8.07 Å². The molecule has 10 rings (SSSR count). The molecule has 250 valence electrons. The van der Waals surface area contributed by atoms with Crippen molar-refractivity contribution in [1.82, 2.24) is 14.0 Å². The Morgan fingerprint density at radius 3 is 2.00 bits per heavy atom. The van der Waals surface area contributed by atoms with Gasteiger partial charge in [-0.2, -0.15) is 0 Å². The Morgan fingerprint density at radius 2 is 1.23 bits per heavy atom. The quantitative estimate of drug-likeness (QED) is 0.142. The number of aromatic nitrogens is 3. The van der Waals surface area contributed by atoms with Crippen molar-refractivity contribution in [2.45, 2.75) is 19.9 Å². The largest absolute Gasteiger partial charge is 0.458 e. The molecule has 0 bridgehead atoms. The summed E-state index contributed by atoms with van der Waals surface area (Å²) >= 11 is 0. The van der Waals surface area contributed by atoms with E-state index in [2.05, 4.69) is 155 Å². The first-order chi connectivity index (χ1) is 26.7. The van der Waals surface area contributed by atoms with Gasteiger partial charge in [0, 0.05) is 9.80 Å². The van der Waals surface area contributed by atoms with Crippen LogP contribution in [0.2, 0.25) is 13.0 Å². The highest BCUT2D eigenvalue weighted by molar-refractivity contribution is 7.20. The van der Waals surface area contributed by atoms with Crippen LogP contribution in [0.1, 0.15) is 9.68 Å². The van der Waals surface area contributed by atoms with Gasteiger partial charge in [0.05, 0.1) is 22.1 Å². The molecule has 0 radical (unpaired) electrons. The van der Waals surface area contributed by atoms with Gasteiger partial charge in [0.2, 0.25) is 5.78 Å². The summed E-state index contributed by atoms with van der Waals surface area (Å²) in [5, 5.41) is 6.15. The average molecular weight is 707 g/mol. The van der Waals surface area contributed by atoms with Crippen LogP contribution < -0.4 is 35.9 Å². The van der Waals surface area contributed by atoms with Gasteiger partial charge >= 0.3 is 0 Å². The Kier molecular flexibility index (Phi) is 6.15. The van der Waals surface area contributed by atoms with E-state index in [0.717, 1.165) is 59.8 Å². The first-order valence-electron chi connectivity index (χ1n) is 19.2. The van der Waals surface area contributed by atoms with Crippen molar-refractivity contribution in [3.8, 4) is 17.2 Å². The van der Waals surface area contributed by atoms with Crippen LogP contribution in [0.15, 0.2) is 170 Å². The van der Waals surface area contributed by atoms with E-state index in [9.17, 15) is 0 Å². The molecule has 1 unspecified atom stereocenters. The SMILES string of the molecule is [2H]C([2H])([2H])[Si]1(C)c2ccccc2Oc2c([Si](c3ccccc3)(c3ccccc3)c3cccc(-n4c5ccccc5n5c6cccc(C)c6nc45)c3)cccc21. The van der Waals surface area contributed by atoms with E-state index < -0.39 is 22.6 Å². The summed E-state index contributed by atoms with van der Waals surface area (Å²) in [6, 6.07) is 59.2. The maximum Gasteiger partial charge on any atom is 0.220 e. The lowest BCUT2D eigenvalue weighted by Crippen LogP contribution is -2.75. The molecule has 1 atom stereocenters. The molecule has 6 heteroatoms. The van der Waals surface area contributed by atoms with Gasteiger partial charge in [-0.05, 0) is 80.0 Å². The van der Waals surface area contributed by atoms with Gasteiger partial charge in [0.25, 0.3) is 0 Å². The molecule has 0 aliphatic carbocycles. The standard InChI is InChI=1S/C46H37N3OSi2/c1-32-17-14-26-39-44(32)47-46-48(37-24-10-11-25-38(37)49(39)46)33-18-15-23-36(31-33)52(34-19-6-4-7-20-34,35-21-8-5-9-22-35)43-30-16-29-42-45(43)50-40-27-12-13-28-41(40)51(42,2)3/h4-31H,1-3H3/i2D3. The Hall–Kier alpha value is -5.96. The van der Waals surface area contributed by atoms with Crippen LogP contribution in [-0.4, -0.2) is 30.1 Å². The zero-order chi connectivity index (χ0) is 37.5. The van der Waals surface area contributed by atoms with Gasteiger partial charge in [-0.25, -0.2) is 4.98 Å². The summed E-state index contributed by atoms with van der Waals surface area (Å²) in [5.41, 5.74) is 6.34. The molecule has 0 amide bonds. The molecule has 1 aliphatic rings. The molecular formula is C46H37N3OSi2. The maximum absolute atomic E-state index is 9.04. The van der Waals surface area contributed by atoms with Crippen molar-refractivity contribution < 1.29 is 8.85 Å². The molecule has 1 aliphatic heterocycles. The Bertz CT molecular complexity index is 2900. The zero-order valence-corrected chi connectivity index (χ0v) is 30.9. The first-order valence-corrected chi connectivity index (χ1v) is 22.2. The molecular weight excluding hydrogens is 667 g/mol. The highest BCUT2D eigenvalue weighted by atomic mass is 28.3. The van der Waals surface area contributed by atoms with Crippen molar-refractivity contribution in [3.63, 3.8) is 0 Å². The second-order valence-electron chi connectivity index (χ2n) is 14.0. The lowest BCUT2D eigenvalue weighted by Gasteiger charge is -2.40. The fourth-order valence-corrected chi connectivity index (χ4v) is 16.0. The van der Waals surface area contributed by atoms with E-state index in [1.54, 1.807) is 0 Å². The highest BCUT2D eigenvalue weighted by Gasteiger charge is 2.47. The third-order valence-electron chi connectivity index (χ3n) is 11.0. The van der Waals surface area contributed by atoms with Gasteiger partial charge in [0.1, 0.15) is 19.6 Å². The Morgan fingerprint density at radius 1 is 0.615 bits per heavy atom. The second-order valence-corrected chi connectivity index (χ2v) is 21.0. The van der Waals surface area contributed by atoms with Crippen molar-refractivity contribution >= 4 is 75.1 Å². The number of hydrogen-bond acceptors (Lipinski definition) is 2. The first kappa shape index (κ1) is 27.7. The van der Waals surface area contributed by atoms with E-state index in [4.69, 9.17) is 13.8 Å². The molecule has 52 heavy (non-hydrogen) atoms. The molecule has 7 aromatic carbocycles. The molecule has 0 N–H and O–H groups in total. The molecule has 4 nitrogen and oxygen atoms in total. The van der Waals surface area contributed by atoms with Crippen molar-refractivity contribution in [2.75, 3.05) is 0 Å². The Balaban J connectivity index is 1.32. The van der Waals surface area contributed by atoms with E-state index >= 15 is 0 Å². The summed E-state index contributed by atoms with van der Waals surface area (Å²) in [7, 11) is -6.62. The van der Waals surface area contributed by atoms with E-state index in [1.165, 1.54) is 10.4 Å². The van der Waals surface area contributed by atoms with Crippen LogP contribution in [0, 0.1) is 6.92 Å². The predicted molar refractivity (Wildman–Crippen MR) is 221 cm³/mol. The minimum Gasteiger partial charge on any atom is -0.458 e. The summed E-state index contributed by atoms with van der Waals surface area (Å²) < 4.78 is 38.7. The number of rotatable bonds is 5. The number of ether oxygens (including phenoxy) is 1. The number of para-hydroxylation sites is 5. The number of nitrogens with zero attached hydrogens (tertiary/aromatic N) is 3. The normalized spacial score (nSPS) is 16.5. The fraction of sp³-hybridized carbons (Fsp3) is 0.0652. The van der Waals surface area contributed by atoms with Crippen molar-refractivity contribution in [3.05, 3.63) is 175 Å². The van der Waals surface area contributed by atoms with Crippen LogP contribution in [0.25, 0.3) is 33.5 Å². The topological polar surface area (TPSA) is 31.5 Å². The lowest BCUT2D eigenvalue weighted by atomic mass is 10.2. The molecule has 9 aromatic rings. The van der Waals surface area contributed by atoms with Crippen LogP contribution in [0.3, 0.4) is 0 Å². The highest BCUT2D eigenvalue weighted by Crippen LogP contribution is 2.32. The van der Waals surface area contributed by atoms with Crippen LogP contribution in [0.4, 0.5) is 0 Å². The number of benzene rings is 7. The van der Waals surface area contributed by atoms with Crippen LogP contribution in [-0.2, 0) is 0 Å². The number of aryl methyl sites for hydroxylation is 1. The third-order valence-corrected chi connectivity index (χ3v) is 18.7. The van der Waals surface area contributed by atoms with Crippen molar-refractivity contribution in [2.24, 2.45) is 0 Å². The average Bonchev–Trinajstić information content (AvgIpc) is 3.75.